The number of carbonyl (C=O) groups excluding carboxylic acids is 1. The lowest BCUT2D eigenvalue weighted by atomic mass is 9.97. The third kappa shape index (κ3) is 3.68. The van der Waals surface area contributed by atoms with Gasteiger partial charge in [-0.1, -0.05) is 48.5 Å². The molecule has 5 heteroatoms. The minimum atomic E-state index is -2.77. The molecule has 2 N–H and O–H groups in total. The van der Waals surface area contributed by atoms with Gasteiger partial charge in [-0.25, -0.2) is 13.6 Å². The number of hydrogen-bond donors (Lipinski definition) is 1. The lowest BCUT2D eigenvalue weighted by Gasteiger charge is -2.16. The Labute approximate surface area is 127 Å². The maximum atomic E-state index is 13.1. The number of ether oxygens (including phenoxy) is 1. The Morgan fingerprint density at radius 2 is 1.73 bits per heavy atom. The molecule has 3 nitrogen and oxygen atoms in total. The molecule has 116 valence electrons. The van der Waals surface area contributed by atoms with Crippen molar-refractivity contribution < 1.29 is 18.3 Å². The second-order valence-corrected chi connectivity index (χ2v) is 4.96. The number of benzene rings is 2. The van der Waals surface area contributed by atoms with Crippen LogP contribution in [0.5, 0.6) is 0 Å². The molecule has 0 aliphatic carbocycles. The molecule has 2 aromatic carbocycles. The fourth-order valence-corrected chi connectivity index (χ4v) is 2.18. The second-order valence-electron chi connectivity index (χ2n) is 4.96. The van der Waals surface area contributed by atoms with Crippen molar-refractivity contribution in [1.29, 1.82) is 0 Å². The summed E-state index contributed by atoms with van der Waals surface area (Å²) in [4.78, 5) is 12.3. The molecule has 0 aliphatic rings. The molecule has 0 radical (unpaired) electrons. The number of nitrogens with two attached hydrogens (primary N) is 1. The third-order valence-electron chi connectivity index (χ3n) is 3.27. The van der Waals surface area contributed by atoms with E-state index in [4.69, 9.17) is 10.5 Å². The summed E-state index contributed by atoms with van der Waals surface area (Å²) in [5.74, 6) is -0.785. The van der Waals surface area contributed by atoms with Crippen LogP contribution < -0.4 is 5.73 Å². The van der Waals surface area contributed by atoms with Gasteiger partial charge in [0.2, 0.25) is 0 Å². The van der Waals surface area contributed by atoms with E-state index in [1.807, 2.05) is 18.2 Å². The summed E-state index contributed by atoms with van der Waals surface area (Å²) in [6.07, 6.45) is -2.77. The zero-order chi connectivity index (χ0) is 16.1. The first-order valence-corrected chi connectivity index (χ1v) is 6.88. The highest BCUT2D eigenvalue weighted by molar-refractivity contribution is 5.93. The Balaban J connectivity index is 2.27. The lowest BCUT2D eigenvalue weighted by Crippen LogP contribution is -2.16. The zero-order valence-corrected chi connectivity index (χ0v) is 12.1. The van der Waals surface area contributed by atoms with Crippen LogP contribution in [0.25, 0.3) is 0 Å². The topological polar surface area (TPSA) is 52.3 Å². The Kier molecular flexibility index (Phi) is 5.22. The van der Waals surface area contributed by atoms with E-state index in [-0.39, 0.29) is 17.7 Å². The van der Waals surface area contributed by atoms with Crippen LogP contribution in [0.15, 0.2) is 48.5 Å². The van der Waals surface area contributed by atoms with E-state index >= 15 is 0 Å². The summed E-state index contributed by atoms with van der Waals surface area (Å²) >= 11 is 0. The molecular formula is C17H17F2NO2. The quantitative estimate of drug-likeness (QED) is 0.849. The summed E-state index contributed by atoms with van der Waals surface area (Å²) in [5, 5.41) is 0. The second kappa shape index (κ2) is 7.13. The average molecular weight is 305 g/mol. The maximum Gasteiger partial charge on any atom is 0.339 e. The standard InChI is InChI=1S/C17H17F2NO2/c1-11(20)13-8-5-9-14(16(18)19)15(13)17(21)22-10-12-6-3-2-4-7-12/h2-9,11,16H,10,20H2,1H3/t11-/m1/s1. The van der Waals surface area contributed by atoms with Gasteiger partial charge < -0.3 is 10.5 Å². The van der Waals surface area contributed by atoms with E-state index in [2.05, 4.69) is 0 Å². The molecule has 22 heavy (non-hydrogen) atoms. The fraction of sp³-hybridized carbons (Fsp3) is 0.235. The van der Waals surface area contributed by atoms with Crippen molar-refractivity contribution >= 4 is 5.97 Å². The monoisotopic (exact) mass is 305 g/mol. The summed E-state index contributed by atoms with van der Waals surface area (Å²) < 4.78 is 31.5. The predicted octanol–water partition coefficient (Wildman–Crippen LogP) is 4.00. The van der Waals surface area contributed by atoms with E-state index in [1.54, 1.807) is 25.1 Å². The largest absolute Gasteiger partial charge is 0.457 e. The van der Waals surface area contributed by atoms with Gasteiger partial charge >= 0.3 is 5.97 Å². The van der Waals surface area contributed by atoms with Crippen molar-refractivity contribution in [2.24, 2.45) is 5.73 Å². The number of hydrogen-bond acceptors (Lipinski definition) is 3. The Hall–Kier alpha value is -2.27. The first-order valence-electron chi connectivity index (χ1n) is 6.88. The van der Waals surface area contributed by atoms with Gasteiger partial charge in [-0.2, -0.15) is 0 Å². The SMILES string of the molecule is C[C@@H](N)c1cccc(C(F)F)c1C(=O)OCc1ccccc1. The molecule has 0 aliphatic heterocycles. The summed E-state index contributed by atoms with van der Waals surface area (Å²) in [5.41, 5.74) is 6.43. The van der Waals surface area contributed by atoms with Crippen LogP contribution in [0.4, 0.5) is 8.78 Å². The smallest absolute Gasteiger partial charge is 0.339 e. The molecule has 0 heterocycles. The normalized spacial score (nSPS) is 12.2. The lowest BCUT2D eigenvalue weighted by molar-refractivity contribution is 0.0460. The molecule has 0 amide bonds. The molecule has 0 saturated carbocycles. The van der Waals surface area contributed by atoms with Crippen molar-refractivity contribution in [3.8, 4) is 0 Å². The molecule has 0 spiro atoms. The zero-order valence-electron chi connectivity index (χ0n) is 12.1. The number of esters is 1. The van der Waals surface area contributed by atoms with Crippen molar-refractivity contribution in [3.63, 3.8) is 0 Å². The van der Waals surface area contributed by atoms with Crippen molar-refractivity contribution in [2.45, 2.75) is 26.0 Å². The van der Waals surface area contributed by atoms with Crippen molar-refractivity contribution in [3.05, 3.63) is 70.8 Å². The average Bonchev–Trinajstić information content (AvgIpc) is 2.52. The molecule has 0 bridgehead atoms. The van der Waals surface area contributed by atoms with Crippen LogP contribution in [0.2, 0.25) is 0 Å². The highest BCUT2D eigenvalue weighted by Crippen LogP contribution is 2.29. The Morgan fingerprint density at radius 1 is 1.09 bits per heavy atom. The minimum absolute atomic E-state index is 0.0235. The maximum absolute atomic E-state index is 13.1. The molecule has 0 fully saturated rings. The molecule has 1 atom stereocenters. The summed E-state index contributed by atoms with van der Waals surface area (Å²) in [7, 11) is 0. The van der Waals surface area contributed by atoms with Gasteiger partial charge in [-0.15, -0.1) is 0 Å². The first-order chi connectivity index (χ1) is 10.5. The Morgan fingerprint density at radius 3 is 2.32 bits per heavy atom. The van der Waals surface area contributed by atoms with Gasteiger partial charge in [0.05, 0.1) is 5.56 Å². The molecule has 2 rings (SSSR count). The number of alkyl halides is 2. The number of halogens is 2. The van der Waals surface area contributed by atoms with Crippen molar-refractivity contribution in [2.75, 3.05) is 0 Å². The van der Waals surface area contributed by atoms with E-state index in [0.717, 1.165) is 5.56 Å². The summed E-state index contributed by atoms with van der Waals surface area (Å²) in [6, 6.07) is 12.7. The fourth-order valence-electron chi connectivity index (χ4n) is 2.18. The Bertz CT molecular complexity index is 616. The van der Waals surface area contributed by atoms with Crippen LogP contribution in [0.3, 0.4) is 0 Å². The molecule has 0 aromatic heterocycles. The molecule has 0 saturated heterocycles. The highest BCUT2D eigenvalue weighted by Gasteiger charge is 2.24. The van der Waals surface area contributed by atoms with Crippen LogP contribution in [-0.2, 0) is 11.3 Å². The van der Waals surface area contributed by atoms with Gasteiger partial charge in [0.1, 0.15) is 6.61 Å². The first kappa shape index (κ1) is 16.1. The highest BCUT2D eigenvalue weighted by atomic mass is 19.3. The predicted molar refractivity (Wildman–Crippen MR) is 79.6 cm³/mol. The molecular weight excluding hydrogens is 288 g/mol. The summed E-state index contributed by atoms with van der Waals surface area (Å²) in [6.45, 7) is 1.66. The van der Waals surface area contributed by atoms with Crippen LogP contribution in [0.1, 0.15) is 46.4 Å². The van der Waals surface area contributed by atoms with E-state index in [0.29, 0.717) is 5.56 Å². The van der Waals surface area contributed by atoms with Crippen molar-refractivity contribution in [1.82, 2.24) is 0 Å². The number of carbonyl (C=O) groups is 1. The number of rotatable bonds is 5. The van der Waals surface area contributed by atoms with Gasteiger partial charge in [-0.05, 0) is 18.1 Å². The van der Waals surface area contributed by atoms with Crippen LogP contribution in [-0.4, -0.2) is 5.97 Å². The molecule has 0 unspecified atom stereocenters. The van der Waals surface area contributed by atoms with Gasteiger partial charge in [0, 0.05) is 11.6 Å². The van der Waals surface area contributed by atoms with Gasteiger partial charge in [0.15, 0.2) is 0 Å². The van der Waals surface area contributed by atoms with Gasteiger partial charge in [-0.3, -0.25) is 0 Å². The van der Waals surface area contributed by atoms with Gasteiger partial charge in [0.25, 0.3) is 6.43 Å². The van der Waals surface area contributed by atoms with Crippen LogP contribution in [0, 0.1) is 0 Å². The molecule has 2 aromatic rings. The minimum Gasteiger partial charge on any atom is -0.457 e. The third-order valence-corrected chi connectivity index (χ3v) is 3.27. The van der Waals surface area contributed by atoms with E-state index < -0.39 is 18.4 Å². The van der Waals surface area contributed by atoms with E-state index in [1.165, 1.54) is 12.1 Å². The van der Waals surface area contributed by atoms with Crippen LogP contribution >= 0.6 is 0 Å². The van der Waals surface area contributed by atoms with E-state index in [9.17, 15) is 13.6 Å².